The first-order valence-electron chi connectivity index (χ1n) is 11.5. The van der Waals surface area contributed by atoms with Crippen LogP contribution in [0, 0.1) is 12.8 Å². The maximum Gasteiger partial charge on any atom is 0.408 e. The summed E-state index contributed by atoms with van der Waals surface area (Å²) in [6, 6.07) is 14.5. The van der Waals surface area contributed by atoms with E-state index in [1.165, 1.54) is 5.56 Å². The lowest BCUT2D eigenvalue weighted by atomic mass is 10.0. The van der Waals surface area contributed by atoms with Crippen LogP contribution in [0.2, 0.25) is 0 Å². The van der Waals surface area contributed by atoms with Crippen LogP contribution in [0.4, 0.5) is 4.79 Å². The molecule has 0 unspecified atom stereocenters. The van der Waals surface area contributed by atoms with Crippen molar-refractivity contribution in [3.05, 3.63) is 70.8 Å². The molecule has 2 rings (SSSR count). The molecule has 0 saturated carbocycles. The summed E-state index contributed by atoms with van der Waals surface area (Å²) in [4.78, 5) is 36.8. The molecule has 0 bridgehead atoms. The van der Waals surface area contributed by atoms with Crippen LogP contribution in [0.25, 0.3) is 0 Å². The predicted octanol–water partition coefficient (Wildman–Crippen LogP) is 4.45. The van der Waals surface area contributed by atoms with Gasteiger partial charge in [-0.2, -0.15) is 0 Å². The Kier molecular flexibility index (Phi) is 9.66. The zero-order valence-corrected chi connectivity index (χ0v) is 20.9. The van der Waals surface area contributed by atoms with Crippen molar-refractivity contribution < 1.29 is 23.9 Å². The second-order valence-electron chi connectivity index (χ2n) is 9.73. The molecule has 2 aromatic carbocycles. The summed E-state index contributed by atoms with van der Waals surface area (Å²) in [5.41, 5.74) is 3.23. The van der Waals surface area contributed by atoms with Gasteiger partial charge in [-0.25, -0.2) is 9.59 Å². The molecule has 0 spiro atoms. The van der Waals surface area contributed by atoms with Gasteiger partial charge in [0.25, 0.3) is 0 Å². The van der Waals surface area contributed by atoms with Gasteiger partial charge < -0.3 is 20.1 Å². The third-order valence-electron chi connectivity index (χ3n) is 4.97. The quantitative estimate of drug-likeness (QED) is 0.531. The van der Waals surface area contributed by atoms with Gasteiger partial charge in [-0.15, -0.1) is 0 Å². The van der Waals surface area contributed by atoms with Crippen molar-refractivity contribution >= 4 is 18.0 Å². The van der Waals surface area contributed by atoms with Crippen molar-refractivity contribution in [3.8, 4) is 0 Å². The Labute approximate surface area is 202 Å². The Morgan fingerprint density at radius 2 is 1.44 bits per heavy atom. The number of amides is 2. The number of ether oxygens (including phenoxy) is 2. The van der Waals surface area contributed by atoms with Crippen molar-refractivity contribution in [3.63, 3.8) is 0 Å². The molecule has 1 atom stereocenters. The number of rotatable bonds is 9. The third kappa shape index (κ3) is 9.65. The zero-order valence-electron chi connectivity index (χ0n) is 20.9. The van der Waals surface area contributed by atoms with E-state index >= 15 is 0 Å². The lowest BCUT2D eigenvalue weighted by Crippen LogP contribution is -2.47. The summed E-state index contributed by atoms with van der Waals surface area (Å²) < 4.78 is 10.6. The molecule has 0 fully saturated rings. The third-order valence-corrected chi connectivity index (χ3v) is 4.97. The van der Waals surface area contributed by atoms with Gasteiger partial charge in [0.15, 0.2) is 0 Å². The van der Waals surface area contributed by atoms with E-state index in [1.54, 1.807) is 20.8 Å². The number of hydrogen-bond donors (Lipinski definition) is 2. The first kappa shape index (κ1) is 26.9. The number of carbonyl (C=O) groups excluding carboxylic acids is 3. The number of aryl methyl sites for hydroxylation is 1. The molecular formula is C27H36N2O5. The molecule has 0 radical (unpaired) electrons. The van der Waals surface area contributed by atoms with Crippen molar-refractivity contribution in [2.24, 2.45) is 5.92 Å². The smallest absolute Gasteiger partial charge is 0.408 e. The summed E-state index contributed by atoms with van der Waals surface area (Å²) in [7, 11) is 0. The summed E-state index contributed by atoms with van der Waals surface area (Å²) in [6.07, 6.45) is -0.394. The Balaban J connectivity index is 1.82. The van der Waals surface area contributed by atoms with E-state index in [1.807, 2.05) is 69.3 Å². The van der Waals surface area contributed by atoms with Crippen LogP contribution in [-0.4, -0.2) is 29.6 Å². The molecule has 184 valence electrons. The summed E-state index contributed by atoms with van der Waals surface area (Å²) in [5.74, 6) is -0.756. The molecule has 0 aliphatic rings. The summed E-state index contributed by atoms with van der Waals surface area (Å²) >= 11 is 0. The SMILES string of the molecule is Cc1ccc(CNC(=O)Cc2ccc(COC(=O)[C@@H](NC(=O)OC(C)(C)C)C(C)C)cc2)cc1. The molecule has 2 amide bonds. The molecule has 0 aliphatic heterocycles. The number of esters is 1. The zero-order chi connectivity index (χ0) is 25.3. The van der Waals surface area contributed by atoms with Crippen LogP contribution in [0.3, 0.4) is 0 Å². The maximum atomic E-state index is 12.5. The van der Waals surface area contributed by atoms with Crippen molar-refractivity contribution in [2.45, 2.75) is 72.8 Å². The van der Waals surface area contributed by atoms with E-state index in [0.717, 1.165) is 16.7 Å². The minimum atomic E-state index is -0.814. The van der Waals surface area contributed by atoms with Gasteiger partial charge >= 0.3 is 12.1 Å². The van der Waals surface area contributed by atoms with Gasteiger partial charge in [0.1, 0.15) is 18.2 Å². The summed E-state index contributed by atoms with van der Waals surface area (Å²) in [5, 5.41) is 5.51. The number of hydrogen-bond acceptors (Lipinski definition) is 5. The topological polar surface area (TPSA) is 93.7 Å². The van der Waals surface area contributed by atoms with E-state index in [0.29, 0.717) is 6.54 Å². The van der Waals surface area contributed by atoms with Crippen molar-refractivity contribution in [1.29, 1.82) is 0 Å². The first-order valence-corrected chi connectivity index (χ1v) is 11.5. The fourth-order valence-corrected chi connectivity index (χ4v) is 3.08. The van der Waals surface area contributed by atoms with Gasteiger partial charge in [0.2, 0.25) is 5.91 Å². The fourth-order valence-electron chi connectivity index (χ4n) is 3.08. The van der Waals surface area contributed by atoms with E-state index in [4.69, 9.17) is 9.47 Å². The largest absolute Gasteiger partial charge is 0.459 e. The molecule has 2 N–H and O–H groups in total. The molecule has 2 aromatic rings. The monoisotopic (exact) mass is 468 g/mol. The fraction of sp³-hybridized carbons (Fsp3) is 0.444. The standard InChI is InChI=1S/C27H36N2O5/c1-18(2)24(29-26(32)34-27(4,5)6)25(31)33-17-22-13-11-20(12-14-22)15-23(30)28-16-21-9-7-19(3)8-10-21/h7-14,18,24H,15-17H2,1-6H3,(H,28,30)(H,29,32)/t24-/m0/s1. The number of benzene rings is 2. The van der Waals surface area contributed by atoms with Crippen LogP contribution >= 0.6 is 0 Å². The Bertz CT molecular complexity index is 960. The number of nitrogens with one attached hydrogen (secondary N) is 2. The average Bonchev–Trinajstić information content (AvgIpc) is 2.75. The highest BCUT2D eigenvalue weighted by atomic mass is 16.6. The van der Waals surface area contributed by atoms with Crippen LogP contribution < -0.4 is 10.6 Å². The second kappa shape index (κ2) is 12.2. The van der Waals surface area contributed by atoms with E-state index in [9.17, 15) is 14.4 Å². The molecule has 0 heterocycles. The predicted molar refractivity (Wildman–Crippen MR) is 131 cm³/mol. The van der Waals surface area contributed by atoms with Crippen LogP contribution in [-0.2, 0) is 38.6 Å². The first-order chi connectivity index (χ1) is 15.9. The molecule has 7 heteroatoms. The Morgan fingerprint density at radius 1 is 0.882 bits per heavy atom. The van der Waals surface area contributed by atoms with E-state index in [2.05, 4.69) is 10.6 Å². The lowest BCUT2D eigenvalue weighted by molar-refractivity contribution is -0.148. The normalized spacial score (nSPS) is 12.1. The van der Waals surface area contributed by atoms with Crippen LogP contribution in [0.1, 0.15) is 56.9 Å². The molecular weight excluding hydrogens is 432 g/mol. The molecule has 0 aromatic heterocycles. The van der Waals surface area contributed by atoms with Gasteiger partial charge in [0, 0.05) is 6.54 Å². The summed E-state index contributed by atoms with van der Waals surface area (Å²) in [6.45, 7) is 11.5. The molecule has 34 heavy (non-hydrogen) atoms. The molecule has 0 saturated heterocycles. The Morgan fingerprint density at radius 3 is 2.00 bits per heavy atom. The van der Waals surface area contributed by atoms with Gasteiger partial charge in [-0.3, -0.25) is 4.79 Å². The Hall–Kier alpha value is -3.35. The number of carbonyl (C=O) groups is 3. The van der Waals surface area contributed by atoms with E-state index < -0.39 is 23.7 Å². The van der Waals surface area contributed by atoms with Gasteiger partial charge in [-0.05, 0) is 50.3 Å². The highest BCUT2D eigenvalue weighted by Gasteiger charge is 2.28. The number of alkyl carbamates (subject to hydrolysis) is 1. The van der Waals surface area contributed by atoms with Gasteiger partial charge in [-0.1, -0.05) is 67.9 Å². The van der Waals surface area contributed by atoms with Crippen LogP contribution in [0.15, 0.2) is 48.5 Å². The van der Waals surface area contributed by atoms with Crippen LogP contribution in [0.5, 0.6) is 0 Å². The van der Waals surface area contributed by atoms with Gasteiger partial charge in [0.05, 0.1) is 6.42 Å². The van der Waals surface area contributed by atoms with Crippen molar-refractivity contribution in [1.82, 2.24) is 10.6 Å². The lowest BCUT2D eigenvalue weighted by Gasteiger charge is -2.24. The van der Waals surface area contributed by atoms with Crippen molar-refractivity contribution in [2.75, 3.05) is 0 Å². The highest BCUT2D eigenvalue weighted by molar-refractivity contribution is 5.81. The maximum absolute atomic E-state index is 12.5. The minimum Gasteiger partial charge on any atom is -0.459 e. The minimum absolute atomic E-state index is 0.0623. The molecule has 0 aliphatic carbocycles. The average molecular weight is 469 g/mol. The molecule has 7 nitrogen and oxygen atoms in total. The van der Waals surface area contributed by atoms with E-state index in [-0.39, 0.29) is 24.9 Å². The second-order valence-corrected chi connectivity index (χ2v) is 9.73. The highest BCUT2D eigenvalue weighted by Crippen LogP contribution is 2.12.